The Hall–Kier alpha value is -0.600. The van der Waals surface area contributed by atoms with Gasteiger partial charge in [0, 0.05) is 4.47 Å². The molecule has 2 rings (SSSR count). The zero-order valence-corrected chi connectivity index (χ0v) is 12.2. The average Bonchev–Trinajstić information content (AvgIpc) is 2.83. The van der Waals surface area contributed by atoms with Gasteiger partial charge < -0.3 is 5.32 Å². The molecule has 0 spiro atoms. The van der Waals surface area contributed by atoms with Crippen molar-refractivity contribution in [1.82, 2.24) is 5.32 Å². The topological polar surface area (TPSA) is 12.0 Å². The van der Waals surface area contributed by atoms with E-state index in [1.807, 2.05) is 0 Å². The van der Waals surface area contributed by atoms with E-state index in [4.69, 9.17) is 0 Å². The van der Waals surface area contributed by atoms with E-state index in [0.717, 1.165) is 6.54 Å². The molecule has 0 fully saturated rings. The minimum atomic E-state index is 0.386. The smallest absolute Gasteiger partial charge is 0.0547 e. The van der Waals surface area contributed by atoms with Crippen LogP contribution in [0, 0.1) is 6.92 Å². The number of hydrogen-bond acceptors (Lipinski definition) is 1. The third-order valence-electron chi connectivity index (χ3n) is 3.32. The summed E-state index contributed by atoms with van der Waals surface area (Å²) >= 11 is 3.68. The van der Waals surface area contributed by atoms with Crippen molar-refractivity contribution >= 4 is 15.9 Å². The fraction of sp³-hybridized carbons (Fsp3) is 0.467. The van der Waals surface area contributed by atoms with Gasteiger partial charge in [-0.25, -0.2) is 0 Å². The highest BCUT2D eigenvalue weighted by atomic mass is 79.9. The van der Waals surface area contributed by atoms with E-state index in [1.165, 1.54) is 34.9 Å². The van der Waals surface area contributed by atoms with Gasteiger partial charge in [0.25, 0.3) is 0 Å². The Morgan fingerprint density at radius 3 is 2.88 bits per heavy atom. The highest BCUT2D eigenvalue weighted by molar-refractivity contribution is 9.10. The molecule has 1 atom stereocenters. The Kier molecular flexibility index (Phi) is 4.41. The molecule has 17 heavy (non-hydrogen) atoms. The molecule has 0 amide bonds. The summed E-state index contributed by atoms with van der Waals surface area (Å²) in [5.41, 5.74) is 4.25. The first kappa shape index (κ1) is 12.8. The molecule has 1 N–H and O–H groups in total. The van der Waals surface area contributed by atoms with E-state index in [2.05, 4.69) is 59.4 Å². The maximum Gasteiger partial charge on any atom is 0.0547 e. The van der Waals surface area contributed by atoms with Crippen molar-refractivity contribution in [2.45, 2.75) is 39.2 Å². The molecule has 1 aromatic rings. The average molecular weight is 294 g/mol. The quantitative estimate of drug-likeness (QED) is 0.805. The molecule has 2 heteroatoms. The lowest BCUT2D eigenvalue weighted by atomic mass is 9.97. The van der Waals surface area contributed by atoms with Crippen LogP contribution in [-0.4, -0.2) is 6.54 Å². The maximum absolute atomic E-state index is 3.68. The van der Waals surface area contributed by atoms with Gasteiger partial charge in [0.2, 0.25) is 0 Å². The Morgan fingerprint density at radius 2 is 2.24 bits per heavy atom. The summed E-state index contributed by atoms with van der Waals surface area (Å²) in [6, 6.07) is 6.98. The Balaban J connectivity index is 2.34. The molecular weight excluding hydrogens is 274 g/mol. The van der Waals surface area contributed by atoms with Crippen LogP contribution in [0.5, 0.6) is 0 Å². The third-order valence-corrected chi connectivity index (χ3v) is 4.04. The van der Waals surface area contributed by atoms with Gasteiger partial charge in [-0.1, -0.05) is 52.2 Å². The Bertz CT molecular complexity index is 423. The van der Waals surface area contributed by atoms with Gasteiger partial charge in [0.1, 0.15) is 0 Å². The minimum absolute atomic E-state index is 0.386. The van der Waals surface area contributed by atoms with Gasteiger partial charge in [-0.05, 0) is 44.4 Å². The first-order valence-corrected chi connectivity index (χ1v) is 7.20. The zero-order chi connectivity index (χ0) is 12.3. The van der Waals surface area contributed by atoms with Crippen molar-refractivity contribution < 1.29 is 0 Å². The molecule has 0 aliphatic heterocycles. The summed E-state index contributed by atoms with van der Waals surface area (Å²) in [4.78, 5) is 0. The first-order chi connectivity index (χ1) is 8.22. The molecular formula is C15H20BrN. The predicted octanol–water partition coefficient (Wildman–Crippen LogP) is 4.52. The SMILES string of the molecule is CCNC(C1=CCCC1)c1cc(C)ccc1Br. The van der Waals surface area contributed by atoms with Crippen LogP contribution in [0.2, 0.25) is 0 Å². The molecule has 0 saturated carbocycles. The summed E-state index contributed by atoms with van der Waals surface area (Å²) in [6.07, 6.45) is 6.18. The van der Waals surface area contributed by atoms with Crippen LogP contribution >= 0.6 is 15.9 Å². The number of likely N-dealkylation sites (N-methyl/N-ethyl adjacent to an activating group) is 1. The molecule has 1 aliphatic rings. The van der Waals surface area contributed by atoms with Crippen molar-refractivity contribution in [3.63, 3.8) is 0 Å². The Morgan fingerprint density at radius 1 is 1.41 bits per heavy atom. The normalized spacial score (nSPS) is 17.0. The van der Waals surface area contributed by atoms with Crippen LogP contribution < -0.4 is 5.32 Å². The summed E-state index contributed by atoms with van der Waals surface area (Å²) in [5, 5.41) is 3.61. The lowest BCUT2D eigenvalue weighted by Crippen LogP contribution is -2.22. The van der Waals surface area contributed by atoms with Crippen LogP contribution in [0.3, 0.4) is 0 Å². The number of aryl methyl sites for hydroxylation is 1. The molecule has 0 radical (unpaired) electrons. The van der Waals surface area contributed by atoms with Gasteiger partial charge in [-0.15, -0.1) is 0 Å². The number of nitrogens with one attached hydrogen (secondary N) is 1. The van der Waals surface area contributed by atoms with Crippen molar-refractivity contribution in [2.75, 3.05) is 6.54 Å². The van der Waals surface area contributed by atoms with E-state index in [1.54, 1.807) is 5.57 Å². The van der Waals surface area contributed by atoms with Crippen molar-refractivity contribution in [2.24, 2.45) is 0 Å². The molecule has 0 aromatic heterocycles. The van der Waals surface area contributed by atoms with E-state index in [0.29, 0.717) is 6.04 Å². The van der Waals surface area contributed by atoms with Crippen LogP contribution in [0.15, 0.2) is 34.3 Å². The largest absolute Gasteiger partial charge is 0.307 e. The maximum atomic E-state index is 3.68. The van der Waals surface area contributed by atoms with Gasteiger partial charge in [0.15, 0.2) is 0 Å². The van der Waals surface area contributed by atoms with E-state index >= 15 is 0 Å². The van der Waals surface area contributed by atoms with Crippen LogP contribution in [0.25, 0.3) is 0 Å². The van der Waals surface area contributed by atoms with E-state index in [9.17, 15) is 0 Å². The number of benzene rings is 1. The fourth-order valence-corrected chi connectivity index (χ4v) is 2.96. The summed E-state index contributed by atoms with van der Waals surface area (Å²) in [5.74, 6) is 0. The standard InChI is InChI=1S/C15H20BrN/c1-3-17-15(12-6-4-5-7-12)13-10-11(2)8-9-14(13)16/h6,8-10,15,17H,3-5,7H2,1-2H3. The second kappa shape index (κ2) is 5.83. The number of hydrogen-bond donors (Lipinski definition) is 1. The van der Waals surface area contributed by atoms with Crippen molar-refractivity contribution in [3.05, 3.63) is 45.4 Å². The summed E-state index contributed by atoms with van der Waals surface area (Å²) < 4.78 is 1.21. The molecule has 1 nitrogen and oxygen atoms in total. The monoisotopic (exact) mass is 293 g/mol. The number of allylic oxidation sites excluding steroid dienone is 1. The molecule has 1 unspecified atom stereocenters. The lowest BCUT2D eigenvalue weighted by molar-refractivity contribution is 0.603. The second-order valence-corrected chi connectivity index (χ2v) is 5.54. The van der Waals surface area contributed by atoms with Crippen molar-refractivity contribution in [3.8, 4) is 0 Å². The molecule has 1 aromatic carbocycles. The van der Waals surface area contributed by atoms with E-state index < -0.39 is 0 Å². The predicted molar refractivity (Wildman–Crippen MR) is 77.2 cm³/mol. The van der Waals surface area contributed by atoms with Gasteiger partial charge in [0.05, 0.1) is 6.04 Å². The number of rotatable bonds is 4. The first-order valence-electron chi connectivity index (χ1n) is 6.40. The van der Waals surface area contributed by atoms with Gasteiger partial charge >= 0.3 is 0 Å². The summed E-state index contributed by atoms with van der Waals surface area (Å²) in [7, 11) is 0. The molecule has 0 bridgehead atoms. The molecule has 0 heterocycles. The summed E-state index contributed by atoms with van der Waals surface area (Å²) in [6.45, 7) is 5.33. The van der Waals surface area contributed by atoms with Crippen LogP contribution in [0.4, 0.5) is 0 Å². The Labute approximate surface area is 112 Å². The molecule has 92 valence electrons. The fourth-order valence-electron chi connectivity index (χ4n) is 2.49. The van der Waals surface area contributed by atoms with Crippen molar-refractivity contribution in [1.29, 1.82) is 0 Å². The highest BCUT2D eigenvalue weighted by Crippen LogP contribution is 2.34. The highest BCUT2D eigenvalue weighted by Gasteiger charge is 2.20. The van der Waals surface area contributed by atoms with Crippen LogP contribution in [0.1, 0.15) is 43.4 Å². The van der Waals surface area contributed by atoms with E-state index in [-0.39, 0.29) is 0 Å². The van der Waals surface area contributed by atoms with Crippen LogP contribution in [-0.2, 0) is 0 Å². The third kappa shape index (κ3) is 2.99. The molecule has 0 saturated heterocycles. The lowest BCUT2D eigenvalue weighted by Gasteiger charge is -2.22. The van der Waals surface area contributed by atoms with Gasteiger partial charge in [-0.2, -0.15) is 0 Å². The molecule has 1 aliphatic carbocycles. The minimum Gasteiger partial charge on any atom is -0.307 e. The number of halogens is 1. The second-order valence-electron chi connectivity index (χ2n) is 4.69. The zero-order valence-electron chi connectivity index (χ0n) is 10.6. The van der Waals surface area contributed by atoms with Gasteiger partial charge in [-0.3, -0.25) is 0 Å².